The molecule has 0 saturated heterocycles. The average Bonchev–Trinajstić information content (AvgIpc) is 3.02. The molecule has 7 heteroatoms. The second-order valence-electron chi connectivity index (χ2n) is 9.01. The number of esters is 2. The molecule has 3 rings (SSSR count). The smallest absolute Gasteiger partial charge is 0.335 e. The van der Waals surface area contributed by atoms with Gasteiger partial charge in [-0.05, 0) is 58.5 Å². The number of ether oxygens (including phenoxy) is 4. The Bertz CT molecular complexity index is 1340. The molecule has 214 valence electrons. The predicted molar refractivity (Wildman–Crippen MR) is 161 cm³/mol. The number of carbonyl (C=O) groups is 2. The van der Waals surface area contributed by atoms with Crippen molar-refractivity contribution in [1.82, 2.24) is 0 Å². The van der Waals surface area contributed by atoms with Gasteiger partial charge in [0.05, 0.1) is 25.4 Å². The lowest BCUT2D eigenvalue weighted by Crippen LogP contribution is -2.14. The fraction of sp³-hybridized carbons (Fsp3) is 0.235. The molecule has 0 aliphatic carbocycles. The summed E-state index contributed by atoms with van der Waals surface area (Å²) in [5.74, 6) is 0.383. The summed E-state index contributed by atoms with van der Waals surface area (Å²) in [6.07, 6.45) is 6.82. The van der Waals surface area contributed by atoms with Gasteiger partial charge in [0.2, 0.25) is 0 Å². The van der Waals surface area contributed by atoms with E-state index in [0.29, 0.717) is 25.4 Å². The van der Waals surface area contributed by atoms with Gasteiger partial charge >= 0.3 is 11.9 Å². The van der Waals surface area contributed by atoms with E-state index in [9.17, 15) is 9.59 Å². The molecule has 0 atom stereocenters. The van der Waals surface area contributed by atoms with Gasteiger partial charge in [0, 0.05) is 12.5 Å². The summed E-state index contributed by atoms with van der Waals surface area (Å²) in [4.78, 5) is 22.5. The molecule has 0 aliphatic rings. The molecule has 0 heterocycles. The Labute approximate surface area is 241 Å². The molecule has 7 nitrogen and oxygen atoms in total. The van der Waals surface area contributed by atoms with Gasteiger partial charge in [0.1, 0.15) is 24.7 Å². The van der Waals surface area contributed by atoms with Gasteiger partial charge in [-0.3, -0.25) is 0 Å². The lowest BCUT2D eigenvalue weighted by Gasteiger charge is -2.10. The van der Waals surface area contributed by atoms with Crippen molar-refractivity contribution in [2.24, 2.45) is 0 Å². The van der Waals surface area contributed by atoms with Crippen molar-refractivity contribution in [3.05, 3.63) is 108 Å². The highest BCUT2D eigenvalue weighted by Crippen LogP contribution is 2.26. The van der Waals surface area contributed by atoms with Gasteiger partial charge in [-0.25, -0.2) is 9.59 Å². The zero-order chi connectivity index (χ0) is 29.5. The maximum Gasteiger partial charge on any atom is 0.335 e. The molecule has 0 bridgehead atoms. The van der Waals surface area contributed by atoms with Crippen LogP contribution < -0.4 is 9.47 Å². The van der Waals surface area contributed by atoms with Crippen molar-refractivity contribution in [1.29, 1.82) is 0 Å². The Hall–Kier alpha value is -4.62. The van der Waals surface area contributed by atoms with Gasteiger partial charge in [-0.15, -0.1) is 0 Å². The molecule has 3 aromatic rings. The van der Waals surface area contributed by atoms with E-state index >= 15 is 0 Å². The van der Waals surface area contributed by atoms with Crippen LogP contribution in [0.15, 0.2) is 91.5 Å². The zero-order valence-corrected chi connectivity index (χ0v) is 23.3. The molecule has 0 aromatic heterocycles. The van der Waals surface area contributed by atoms with E-state index in [4.69, 9.17) is 24.1 Å². The first-order valence-corrected chi connectivity index (χ1v) is 13.5. The molecule has 0 aliphatic heterocycles. The van der Waals surface area contributed by atoms with Crippen LogP contribution in [-0.4, -0.2) is 50.1 Å². The maximum absolute atomic E-state index is 11.5. The fourth-order valence-corrected chi connectivity index (χ4v) is 3.80. The third kappa shape index (κ3) is 10.1. The van der Waals surface area contributed by atoms with E-state index in [0.717, 1.165) is 40.5 Å². The Morgan fingerprint density at radius 2 is 1.46 bits per heavy atom. The van der Waals surface area contributed by atoms with E-state index in [1.54, 1.807) is 0 Å². The SMILES string of the molecule is C=CC(=O)OCCCOc1ccc(-c2ccc(/C=C/c3ccc(OCCOC(=O)C(=C)CO)cc3)c(CC)c2)cc1. The third-order valence-corrected chi connectivity index (χ3v) is 6.08. The fourth-order valence-electron chi connectivity index (χ4n) is 3.80. The minimum absolute atomic E-state index is 0.0149. The minimum Gasteiger partial charge on any atom is -0.493 e. The number of rotatable bonds is 16. The molecule has 1 N–H and O–H groups in total. The molecule has 41 heavy (non-hydrogen) atoms. The summed E-state index contributed by atoms with van der Waals surface area (Å²) < 4.78 is 21.3. The highest BCUT2D eigenvalue weighted by atomic mass is 16.6. The van der Waals surface area contributed by atoms with Crippen LogP contribution >= 0.6 is 0 Å². The van der Waals surface area contributed by atoms with E-state index in [1.165, 1.54) is 5.56 Å². The number of aliphatic hydroxyl groups is 1. The van der Waals surface area contributed by atoms with Crippen molar-refractivity contribution in [2.75, 3.05) is 33.0 Å². The highest BCUT2D eigenvalue weighted by Gasteiger charge is 2.07. The highest BCUT2D eigenvalue weighted by molar-refractivity contribution is 5.87. The molecule has 0 amide bonds. The summed E-state index contributed by atoms with van der Waals surface area (Å²) in [5.41, 5.74) is 5.68. The second kappa shape index (κ2) is 16.5. The van der Waals surface area contributed by atoms with Crippen LogP contribution in [0.3, 0.4) is 0 Å². The molecular weight excluding hydrogens is 520 g/mol. The second-order valence-corrected chi connectivity index (χ2v) is 9.01. The molecule has 0 fully saturated rings. The van der Waals surface area contributed by atoms with Crippen LogP contribution in [0.2, 0.25) is 0 Å². The Balaban J connectivity index is 1.52. The predicted octanol–water partition coefficient (Wildman–Crippen LogP) is 6.06. The lowest BCUT2D eigenvalue weighted by molar-refractivity contribution is -0.140. The van der Waals surface area contributed by atoms with Gasteiger partial charge in [0.25, 0.3) is 0 Å². The number of hydrogen-bond acceptors (Lipinski definition) is 7. The molecule has 0 unspecified atom stereocenters. The Kier molecular flexibility index (Phi) is 12.4. The molecule has 3 aromatic carbocycles. The summed E-state index contributed by atoms with van der Waals surface area (Å²) in [7, 11) is 0. The summed E-state index contributed by atoms with van der Waals surface area (Å²) in [5, 5.41) is 8.88. The Morgan fingerprint density at radius 3 is 2.12 bits per heavy atom. The number of aryl methyl sites for hydroxylation is 1. The van der Waals surface area contributed by atoms with E-state index < -0.39 is 18.5 Å². The summed E-state index contributed by atoms with van der Waals surface area (Å²) in [6, 6.07) is 22.1. The standard InChI is InChI=1S/C34H36O7/c1-4-27-23-30(29-13-17-32(18-14-29)38-19-6-20-40-33(36)5-2)12-11-28(27)10-7-26-8-15-31(16-9-26)39-21-22-41-34(37)25(3)24-35/h5,7-18,23,35H,2-4,6,19-22,24H2,1H3/b10-7+. The topological polar surface area (TPSA) is 91.3 Å². The lowest BCUT2D eigenvalue weighted by atomic mass is 9.97. The third-order valence-electron chi connectivity index (χ3n) is 6.08. The molecule has 0 radical (unpaired) electrons. The number of aliphatic hydroxyl groups excluding tert-OH is 1. The van der Waals surface area contributed by atoms with Crippen LogP contribution in [0, 0.1) is 0 Å². The maximum atomic E-state index is 11.5. The van der Waals surface area contributed by atoms with Gasteiger partial charge < -0.3 is 24.1 Å². The minimum atomic E-state index is -0.627. The van der Waals surface area contributed by atoms with E-state index in [2.05, 4.69) is 50.4 Å². The van der Waals surface area contributed by atoms with Gasteiger partial charge in [-0.1, -0.05) is 74.7 Å². The van der Waals surface area contributed by atoms with E-state index in [1.807, 2.05) is 48.5 Å². The van der Waals surface area contributed by atoms with Crippen molar-refractivity contribution < 1.29 is 33.6 Å². The number of hydrogen-bond donors (Lipinski definition) is 1. The van der Waals surface area contributed by atoms with Crippen LogP contribution in [0.5, 0.6) is 11.5 Å². The molecule has 0 spiro atoms. The van der Waals surface area contributed by atoms with Crippen LogP contribution in [0.25, 0.3) is 23.3 Å². The first-order valence-electron chi connectivity index (χ1n) is 13.5. The van der Waals surface area contributed by atoms with E-state index in [-0.39, 0.29) is 18.8 Å². The average molecular weight is 557 g/mol. The first-order chi connectivity index (χ1) is 19.9. The molecular formula is C34H36O7. The van der Waals surface area contributed by atoms with Crippen LogP contribution in [0.4, 0.5) is 0 Å². The number of benzene rings is 3. The van der Waals surface area contributed by atoms with Crippen molar-refractivity contribution in [3.63, 3.8) is 0 Å². The van der Waals surface area contributed by atoms with Crippen molar-refractivity contribution in [3.8, 4) is 22.6 Å². The summed E-state index contributed by atoms with van der Waals surface area (Å²) >= 11 is 0. The van der Waals surface area contributed by atoms with Crippen molar-refractivity contribution >= 4 is 24.1 Å². The number of carbonyl (C=O) groups excluding carboxylic acids is 2. The summed E-state index contributed by atoms with van der Waals surface area (Å²) in [6.45, 7) is 9.54. The largest absolute Gasteiger partial charge is 0.493 e. The van der Waals surface area contributed by atoms with Gasteiger partial charge in [0.15, 0.2) is 0 Å². The zero-order valence-electron chi connectivity index (χ0n) is 23.3. The monoisotopic (exact) mass is 556 g/mol. The first kappa shape index (κ1) is 30.9. The molecule has 0 saturated carbocycles. The van der Waals surface area contributed by atoms with Crippen LogP contribution in [0.1, 0.15) is 30.0 Å². The van der Waals surface area contributed by atoms with Crippen molar-refractivity contribution in [2.45, 2.75) is 19.8 Å². The quantitative estimate of drug-likeness (QED) is 0.0993. The van der Waals surface area contributed by atoms with Crippen LogP contribution in [-0.2, 0) is 25.5 Å². The Morgan fingerprint density at radius 1 is 0.805 bits per heavy atom. The van der Waals surface area contributed by atoms with Gasteiger partial charge in [-0.2, -0.15) is 0 Å². The normalized spacial score (nSPS) is 10.7.